The summed E-state index contributed by atoms with van der Waals surface area (Å²) in [5.41, 5.74) is 1.57. The molecular weight excluding hydrogens is 428 g/mol. The van der Waals surface area contributed by atoms with Crippen molar-refractivity contribution in [3.63, 3.8) is 0 Å². The zero-order chi connectivity index (χ0) is 23.8. The number of aliphatic hydroxyl groups excluding tert-OH is 5. The molecule has 3 rings (SSSR count). The van der Waals surface area contributed by atoms with Crippen LogP contribution in [0, 0.1) is 0 Å². The first-order chi connectivity index (χ1) is 15.9. The van der Waals surface area contributed by atoms with Gasteiger partial charge in [0.05, 0.1) is 6.61 Å². The molecular formula is C25H26O8. The van der Waals surface area contributed by atoms with Crippen LogP contribution in [0.5, 0.6) is 5.75 Å². The Kier molecular flexibility index (Phi) is 8.53. The number of ketones is 1. The van der Waals surface area contributed by atoms with Gasteiger partial charge in [0.1, 0.15) is 35.9 Å². The minimum Gasteiger partial charge on any atom is -0.508 e. The summed E-state index contributed by atoms with van der Waals surface area (Å²) >= 11 is 0. The van der Waals surface area contributed by atoms with Gasteiger partial charge in [-0.15, -0.1) is 0 Å². The molecule has 1 fully saturated rings. The zero-order valence-corrected chi connectivity index (χ0v) is 17.6. The molecule has 1 aliphatic heterocycles. The van der Waals surface area contributed by atoms with E-state index in [4.69, 9.17) is 9.47 Å². The number of allylic oxidation sites excluding steroid dienone is 3. The van der Waals surface area contributed by atoms with E-state index in [0.717, 1.165) is 11.6 Å². The highest BCUT2D eigenvalue weighted by molar-refractivity contribution is 6.02. The summed E-state index contributed by atoms with van der Waals surface area (Å²) in [7, 11) is 0. The molecule has 0 spiro atoms. The maximum absolute atomic E-state index is 12.0. The Hall–Kier alpha value is -3.27. The van der Waals surface area contributed by atoms with E-state index < -0.39 is 43.1 Å². The Bertz CT molecular complexity index is 995. The number of hydrogen-bond donors (Lipinski definition) is 5. The second kappa shape index (κ2) is 11.6. The summed E-state index contributed by atoms with van der Waals surface area (Å²) in [5, 5.41) is 48.8. The number of benzene rings is 2. The van der Waals surface area contributed by atoms with Crippen molar-refractivity contribution in [1.29, 1.82) is 0 Å². The fourth-order valence-electron chi connectivity index (χ4n) is 3.12. The normalized spacial score (nSPS) is 26.1. The van der Waals surface area contributed by atoms with E-state index >= 15 is 0 Å². The van der Waals surface area contributed by atoms with Gasteiger partial charge in [0.2, 0.25) is 6.29 Å². The first kappa shape index (κ1) is 24.4. The van der Waals surface area contributed by atoms with E-state index in [9.17, 15) is 30.3 Å². The van der Waals surface area contributed by atoms with Crippen LogP contribution < -0.4 is 4.74 Å². The number of ether oxygens (including phenoxy) is 2. The van der Waals surface area contributed by atoms with Crippen LogP contribution in [-0.4, -0.2) is 68.6 Å². The monoisotopic (exact) mass is 454 g/mol. The molecule has 1 saturated heterocycles. The van der Waals surface area contributed by atoms with E-state index in [1.165, 1.54) is 12.2 Å². The first-order valence-corrected chi connectivity index (χ1v) is 10.3. The van der Waals surface area contributed by atoms with Gasteiger partial charge in [-0.05, 0) is 35.4 Å². The third-order valence-corrected chi connectivity index (χ3v) is 4.96. The second-order valence-electron chi connectivity index (χ2n) is 7.43. The van der Waals surface area contributed by atoms with E-state index in [1.807, 2.05) is 30.3 Å². The van der Waals surface area contributed by atoms with Crippen molar-refractivity contribution in [1.82, 2.24) is 0 Å². The molecule has 2 aromatic carbocycles. The van der Waals surface area contributed by atoms with Gasteiger partial charge in [0, 0.05) is 6.08 Å². The van der Waals surface area contributed by atoms with Gasteiger partial charge in [0.15, 0.2) is 5.78 Å². The second-order valence-corrected chi connectivity index (χ2v) is 7.43. The third-order valence-electron chi connectivity index (χ3n) is 4.96. The van der Waals surface area contributed by atoms with Gasteiger partial charge < -0.3 is 35.0 Å². The predicted molar refractivity (Wildman–Crippen MR) is 121 cm³/mol. The van der Waals surface area contributed by atoms with E-state index in [0.29, 0.717) is 11.3 Å². The molecule has 5 atom stereocenters. The van der Waals surface area contributed by atoms with E-state index in [2.05, 4.69) is 0 Å². The molecule has 0 unspecified atom stereocenters. The quantitative estimate of drug-likeness (QED) is 0.231. The molecule has 2 aromatic rings. The summed E-state index contributed by atoms with van der Waals surface area (Å²) in [6.45, 7) is -0.547. The summed E-state index contributed by atoms with van der Waals surface area (Å²) < 4.78 is 10.8. The van der Waals surface area contributed by atoms with Gasteiger partial charge in [-0.1, -0.05) is 54.6 Å². The smallest absolute Gasteiger partial charge is 0.229 e. The molecule has 33 heavy (non-hydrogen) atoms. The maximum Gasteiger partial charge on any atom is 0.229 e. The van der Waals surface area contributed by atoms with E-state index in [1.54, 1.807) is 36.4 Å². The molecule has 0 aromatic heterocycles. The molecule has 8 nitrogen and oxygen atoms in total. The molecule has 174 valence electrons. The van der Waals surface area contributed by atoms with E-state index in [-0.39, 0.29) is 5.76 Å². The molecule has 5 N–H and O–H groups in total. The number of aliphatic hydroxyl groups is 5. The number of rotatable bonds is 8. The first-order valence-electron chi connectivity index (χ1n) is 10.3. The van der Waals surface area contributed by atoms with Gasteiger partial charge in [0.25, 0.3) is 0 Å². The molecule has 1 aliphatic rings. The van der Waals surface area contributed by atoms with Crippen LogP contribution in [0.25, 0.3) is 12.2 Å². The van der Waals surface area contributed by atoms with Crippen molar-refractivity contribution >= 4 is 17.9 Å². The van der Waals surface area contributed by atoms with Crippen LogP contribution in [0.15, 0.2) is 78.6 Å². The molecule has 8 heteroatoms. The van der Waals surface area contributed by atoms with Crippen LogP contribution in [0.3, 0.4) is 0 Å². The summed E-state index contributed by atoms with van der Waals surface area (Å²) in [6, 6.07) is 15.8. The molecule has 0 radical (unpaired) electrons. The number of carbonyl (C=O) groups is 1. The number of carbonyl (C=O) groups excluding carboxylic acids is 1. The van der Waals surface area contributed by atoms with Gasteiger partial charge in [-0.3, -0.25) is 4.79 Å². The zero-order valence-electron chi connectivity index (χ0n) is 17.6. The largest absolute Gasteiger partial charge is 0.508 e. The minimum absolute atomic E-state index is 0.170. The van der Waals surface area contributed by atoms with Crippen molar-refractivity contribution in [2.75, 3.05) is 6.61 Å². The van der Waals surface area contributed by atoms with Crippen LogP contribution in [0.2, 0.25) is 0 Å². The number of hydrogen-bond acceptors (Lipinski definition) is 8. The average Bonchev–Trinajstić information content (AvgIpc) is 2.83. The maximum atomic E-state index is 12.0. The highest BCUT2D eigenvalue weighted by Gasteiger charge is 2.44. The summed E-state index contributed by atoms with van der Waals surface area (Å²) in [4.78, 5) is 12.0. The fraction of sp³-hybridized carbons (Fsp3) is 0.240. The molecule has 0 saturated carbocycles. The SMILES string of the molecule is O=C(/C=C(O)/C=C/c1ccccc1)/C=C/c1ccc(O[C@H]2O[C@H](CO)[C@@H](O)[C@H](O)[C@H]2O)cc1. The highest BCUT2D eigenvalue weighted by atomic mass is 16.7. The van der Waals surface area contributed by atoms with Crippen LogP contribution in [0.1, 0.15) is 11.1 Å². The van der Waals surface area contributed by atoms with Gasteiger partial charge in [-0.25, -0.2) is 0 Å². The molecule has 0 bridgehead atoms. The highest BCUT2D eigenvalue weighted by Crippen LogP contribution is 2.24. The lowest BCUT2D eigenvalue weighted by Gasteiger charge is -2.39. The fourth-order valence-corrected chi connectivity index (χ4v) is 3.12. The van der Waals surface area contributed by atoms with Crippen molar-refractivity contribution in [2.45, 2.75) is 30.7 Å². The third kappa shape index (κ3) is 6.85. The van der Waals surface area contributed by atoms with Crippen LogP contribution >= 0.6 is 0 Å². The minimum atomic E-state index is -1.53. The van der Waals surface area contributed by atoms with Crippen LogP contribution in [0.4, 0.5) is 0 Å². The van der Waals surface area contributed by atoms with Gasteiger partial charge in [-0.2, -0.15) is 0 Å². The van der Waals surface area contributed by atoms with Crippen LogP contribution in [-0.2, 0) is 9.53 Å². The summed E-state index contributed by atoms with van der Waals surface area (Å²) in [6.07, 6.45) is 0.267. The molecule has 0 amide bonds. The van der Waals surface area contributed by atoms with Gasteiger partial charge >= 0.3 is 0 Å². The summed E-state index contributed by atoms with van der Waals surface area (Å²) in [5.74, 6) is -0.255. The Balaban J connectivity index is 1.56. The Morgan fingerprint density at radius 2 is 1.52 bits per heavy atom. The van der Waals surface area contributed by atoms with Crippen molar-refractivity contribution in [2.24, 2.45) is 0 Å². The predicted octanol–water partition coefficient (Wildman–Crippen LogP) is 1.60. The van der Waals surface area contributed by atoms with Crippen molar-refractivity contribution in [3.05, 3.63) is 89.7 Å². The lowest BCUT2D eigenvalue weighted by Crippen LogP contribution is -2.60. The Morgan fingerprint density at radius 3 is 2.18 bits per heavy atom. The lowest BCUT2D eigenvalue weighted by atomic mass is 9.99. The van der Waals surface area contributed by atoms with Crippen molar-refractivity contribution < 1.29 is 39.8 Å². The Morgan fingerprint density at radius 1 is 0.879 bits per heavy atom. The average molecular weight is 454 g/mol. The van der Waals surface area contributed by atoms with Crippen molar-refractivity contribution in [3.8, 4) is 5.75 Å². The standard InChI is InChI=1S/C25H26O8/c26-15-21-22(29)23(30)24(31)25(33-21)32-20-12-8-17(9-13-20)7-11-19(28)14-18(27)10-6-16-4-2-1-3-5-16/h1-14,21-27,29-31H,15H2/b10-6+,11-7+,18-14-/t21-,22-,23+,24-,25+/m1/s1. The topological polar surface area (TPSA) is 137 Å². The lowest BCUT2D eigenvalue weighted by molar-refractivity contribution is -0.277. The molecule has 0 aliphatic carbocycles. The molecule has 1 heterocycles. The Labute approximate surface area is 191 Å².